The van der Waals surface area contributed by atoms with E-state index in [2.05, 4.69) is 5.73 Å². The quantitative estimate of drug-likeness (QED) is 0.777. The number of esters is 2. The Morgan fingerprint density at radius 3 is 2.04 bits per heavy atom. The van der Waals surface area contributed by atoms with Gasteiger partial charge in [0.15, 0.2) is 6.61 Å². The van der Waals surface area contributed by atoms with Gasteiger partial charge in [0.25, 0.3) is 0 Å². The number of ether oxygens (including phenoxy) is 2. The van der Waals surface area contributed by atoms with E-state index in [4.69, 9.17) is 9.47 Å². The number of rotatable bonds is 7. The molecule has 5 nitrogen and oxygen atoms in total. The second-order valence-corrected chi connectivity index (χ2v) is 5.14. The molecule has 2 aromatic carbocycles. The highest BCUT2D eigenvalue weighted by atomic mass is 16.6. The lowest BCUT2D eigenvalue weighted by Crippen LogP contribution is -2.67. The third-order valence-corrected chi connectivity index (χ3v) is 3.19. The molecule has 5 heteroatoms. The van der Waals surface area contributed by atoms with Gasteiger partial charge in [0.1, 0.15) is 6.61 Å². The van der Waals surface area contributed by atoms with Crippen molar-refractivity contribution in [1.29, 1.82) is 0 Å². The molecule has 0 aliphatic carbocycles. The van der Waals surface area contributed by atoms with Gasteiger partial charge in [-0.1, -0.05) is 60.7 Å². The number of quaternary nitrogens is 1. The number of carbonyl (C=O) groups excluding carboxylic acids is 2. The average Bonchev–Trinajstić information content (AvgIpc) is 2.59. The Labute approximate surface area is 135 Å². The number of carbonyl (C=O) groups is 2. The maximum absolute atomic E-state index is 11.8. The summed E-state index contributed by atoms with van der Waals surface area (Å²) in [7, 11) is 0. The van der Waals surface area contributed by atoms with Gasteiger partial charge in [0.2, 0.25) is 6.04 Å². The largest absolute Gasteiger partial charge is 0.458 e. The van der Waals surface area contributed by atoms with Crippen LogP contribution in [0.15, 0.2) is 60.7 Å². The smallest absolute Gasteiger partial charge is 0.368 e. The molecule has 0 aliphatic heterocycles. The van der Waals surface area contributed by atoms with Gasteiger partial charge < -0.3 is 15.2 Å². The lowest BCUT2D eigenvalue weighted by Gasteiger charge is -2.10. The van der Waals surface area contributed by atoms with E-state index in [0.29, 0.717) is 0 Å². The highest BCUT2D eigenvalue weighted by molar-refractivity contribution is 5.76. The second kappa shape index (κ2) is 8.70. The Morgan fingerprint density at radius 2 is 1.43 bits per heavy atom. The van der Waals surface area contributed by atoms with Crippen LogP contribution in [0.1, 0.15) is 11.1 Å². The molecule has 0 heterocycles. The van der Waals surface area contributed by atoms with Crippen LogP contribution >= 0.6 is 0 Å². The van der Waals surface area contributed by atoms with Gasteiger partial charge in [-0.3, -0.25) is 4.79 Å². The zero-order chi connectivity index (χ0) is 16.5. The Kier molecular flexibility index (Phi) is 6.32. The third kappa shape index (κ3) is 5.92. The zero-order valence-corrected chi connectivity index (χ0v) is 12.8. The molecule has 0 aliphatic rings. The molecule has 0 saturated heterocycles. The van der Waals surface area contributed by atoms with E-state index in [1.54, 1.807) is 0 Å². The number of benzene rings is 2. The minimum atomic E-state index is -0.738. The summed E-state index contributed by atoms with van der Waals surface area (Å²) in [5.41, 5.74) is 5.44. The van der Waals surface area contributed by atoms with Crippen LogP contribution in [0.2, 0.25) is 0 Å². The molecule has 1 atom stereocenters. The first-order valence-electron chi connectivity index (χ1n) is 7.38. The summed E-state index contributed by atoms with van der Waals surface area (Å²) in [5.74, 6) is -0.873. The van der Waals surface area contributed by atoms with E-state index >= 15 is 0 Å². The molecule has 0 fully saturated rings. The fourth-order valence-corrected chi connectivity index (χ4v) is 1.92. The Bertz CT molecular complexity index is 628. The normalized spacial score (nSPS) is 11.5. The zero-order valence-electron chi connectivity index (χ0n) is 12.8. The second-order valence-electron chi connectivity index (χ2n) is 5.14. The van der Waals surface area contributed by atoms with Crippen molar-refractivity contribution in [2.75, 3.05) is 6.61 Å². The average molecular weight is 314 g/mol. The fourth-order valence-electron chi connectivity index (χ4n) is 1.92. The van der Waals surface area contributed by atoms with Crippen molar-refractivity contribution in [3.05, 3.63) is 71.8 Å². The monoisotopic (exact) mass is 314 g/mol. The molecule has 23 heavy (non-hydrogen) atoms. The first kappa shape index (κ1) is 16.7. The third-order valence-electron chi connectivity index (χ3n) is 3.19. The fraction of sp³-hybridized carbons (Fsp3) is 0.222. The van der Waals surface area contributed by atoms with E-state index in [-0.39, 0.29) is 25.6 Å². The SMILES string of the molecule is [NH3+][C@@H](COC(=O)Cc1ccccc1)C(=O)OCc1ccccc1. The molecule has 2 rings (SSSR count). The predicted octanol–water partition coefficient (Wildman–Crippen LogP) is 1.13. The minimum absolute atomic E-state index is 0.0840. The van der Waals surface area contributed by atoms with Crippen LogP contribution in [0.4, 0.5) is 0 Å². The minimum Gasteiger partial charge on any atom is -0.458 e. The van der Waals surface area contributed by atoms with Gasteiger partial charge in [-0.15, -0.1) is 0 Å². The molecular formula is C18H20NO4+. The summed E-state index contributed by atoms with van der Waals surface area (Å²) in [6.07, 6.45) is 0.173. The van der Waals surface area contributed by atoms with Crippen LogP contribution in [0.5, 0.6) is 0 Å². The summed E-state index contributed by atoms with van der Waals surface area (Å²) >= 11 is 0. The maximum Gasteiger partial charge on any atom is 0.368 e. The van der Waals surface area contributed by atoms with E-state index in [1.807, 2.05) is 60.7 Å². The lowest BCUT2D eigenvalue weighted by atomic mass is 10.2. The molecular weight excluding hydrogens is 294 g/mol. The van der Waals surface area contributed by atoms with Crippen LogP contribution < -0.4 is 5.73 Å². The molecule has 2 aromatic rings. The maximum atomic E-state index is 11.8. The van der Waals surface area contributed by atoms with Crippen molar-refractivity contribution in [3.8, 4) is 0 Å². The lowest BCUT2D eigenvalue weighted by molar-refractivity contribution is -0.413. The van der Waals surface area contributed by atoms with Gasteiger partial charge in [0, 0.05) is 0 Å². The van der Waals surface area contributed by atoms with Crippen LogP contribution in [0.25, 0.3) is 0 Å². The summed E-state index contributed by atoms with van der Waals surface area (Å²) in [5, 5.41) is 0. The van der Waals surface area contributed by atoms with Gasteiger partial charge in [-0.05, 0) is 11.1 Å². The summed E-state index contributed by atoms with van der Waals surface area (Å²) in [6.45, 7) is 0.100. The van der Waals surface area contributed by atoms with Crippen LogP contribution in [0.3, 0.4) is 0 Å². The van der Waals surface area contributed by atoms with E-state index < -0.39 is 12.0 Å². The van der Waals surface area contributed by atoms with Crippen molar-refractivity contribution >= 4 is 11.9 Å². The highest BCUT2D eigenvalue weighted by Gasteiger charge is 2.21. The summed E-state index contributed by atoms with van der Waals surface area (Å²) in [6, 6.07) is 17.9. The van der Waals surface area contributed by atoms with Gasteiger partial charge in [-0.2, -0.15) is 0 Å². The standard InChI is InChI=1S/C18H19NO4/c19-16(18(21)23-12-15-9-5-2-6-10-15)13-22-17(20)11-14-7-3-1-4-8-14/h1-10,16H,11-13,19H2/p+1/t16-/m0/s1. The van der Waals surface area contributed by atoms with Crippen LogP contribution in [-0.2, 0) is 32.1 Å². The van der Waals surface area contributed by atoms with Crippen molar-refractivity contribution in [3.63, 3.8) is 0 Å². The summed E-state index contributed by atoms with van der Waals surface area (Å²) < 4.78 is 10.2. The van der Waals surface area contributed by atoms with Crippen molar-refractivity contribution in [1.82, 2.24) is 0 Å². The van der Waals surface area contributed by atoms with Crippen molar-refractivity contribution < 1.29 is 24.8 Å². The summed E-state index contributed by atoms with van der Waals surface area (Å²) in [4.78, 5) is 23.5. The molecule has 0 unspecified atom stereocenters. The van der Waals surface area contributed by atoms with Crippen molar-refractivity contribution in [2.24, 2.45) is 0 Å². The highest BCUT2D eigenvalue weighted by Crippen LogP contribution is 2.03. The van der Waals surface area contributed by atoms with Crippen molar-refractivity contribution in [2.45, 2.75) is 19.1 Å². The molecule has 0 amide bonds. The first-order chi connectivity index (χ1) is 11.1. The molecule has 0 saturated carbocycles. The van der Waals surface area contributed by atoms with E-state index in [9.17, 15) is 9.59 Å². The Balaban J connectivity index is 1.70. The molecule has 0 aromatic heterocycles. The molecule has 0 bridgehead atoms. The van der Waals surface area contributed by atoms with Crippen LogP contribution in [0, 0.1) is 0 Å². The topological polar surface area (TPSA) is 80.2 Å². The predicted molar refractivity (Wildman–Crippen MR) is 84.0 cm³/mol. The molecule has 0 radical (unpaired) electrons. The molecule has 3 N–H and O–H groups in total. The molecule has 120 valence electrons. The number of hydrogen-bond acceptors (Lipinski definition) is 4. The first-order valence-corrected chi connectivity index (χ1v) is 7.38. The Morgan fingerprint density at radius 1 is 0.870 bits per heavy atom. The molecule has 0 spiro atoms. The van der Waals surface area contributed by atoms with E-state index in [0.717, 1.165) is 11.1 Å². The number of hydrogen-bond donors (Lipinski definition) is 1. The van der Waals surface area contributed by atoms with Gasteiger partial charge >= 0.3 is 11.9 Å². The van der Waals surface area contributed by atoms with Gasteiger partial charge in [-0.25, -0.2) is 4.79 Å². The van der Waals surface area contributed by atoms with E-state index in [1.165, 1.54) is 0 Å². The van der Waals surface area contributed by atoms with Crippen LogP contribution in [-0.4, -0.2) is 24.6 Å². The van der Waals surface area contributed by atoms with Gasteiger partial charge in [0.05, 0.1) is 6.42 Å². The Hall–Kier alpha value is -2.66.